The predicted octanol–water partition coefficient (Wildman–Crippen LogP) is 7.46. The molecule has 0 N–H and O–H groups in total. The van der Waals surface area contributed by atoms with Gasteiger partial charge in [0, 0.05) is 42.8 Å². The SMILES string of the molecule is CCc1cc(Br)cc2c(C(=O)OCC(=O)c3cccc([N+](=O)[O-])c3)cc(-c3ccc(N4C(=O)C5C6CC(C(Br)C6Br)C5C4=O)cc3)nc12. The molecule has 2 heterocycles. The van der Waals surface area contributed by atoms with Gasteiger partial charge in [-0.2, -0.15) is 0 Å². The normalized spacial score (nSPS) is 24.3. The van der Waals surface area contributed by atoms with Crippen LogP contribution in [0.4, 0.5) is 11.4 Å². The molecule has 3 aromatic carbocycles. The van der Waals surface area contributed by atoms with E-state index in [1.165, 1.54) is 23.1 Å². The zero-order valence-corrected chi connectivity index (χ0v) is 30.0. The van der Waals surface area contributed by atoms with Gasteiger partial charge in [-0.3, -0.25) is 29.4 Å². The van der Waals surface area contributed by atoms with Crippen LogP contribution in [0.5, 0.6) is 0 Å². The van der Waals surface area contributed by atoms with Crippen LogP contribution in [0.1, 0.15) is 39.6 Å². The van der Waals surface area contributed by atoms with Crippen LogP contribution in [-0.4, -0.2) is 49.7 Å². The third-order valence-electron chi connectivity index (χ3n) is 9.68. The predicted molar refractivity (Wildman–Crippen MR) is 188 cm³/mol. The fourth-order valence-corrected chi connectivity index (χ4v) is 9.79. The number of anilines is 1. The number of pyridine rings is 1. The van der Waals surface area contributed by atoms with Crippen LogP contribution in [0.25, 0.3) is 22.2 Å². The summed E-state index contributed by atoms with van der Waals surface area (Å²) in [5.41, 5.74) is 3.05. The lowest BCUT2D eigenvalue weighted by Gasteiger charge is -2.28. The molecule has 0 spiro atoms. The number of rotatable bonds is 8. The molecule has 7 rings (SSSR count). The van der Waals surface area contributed by atoms with Crippen molar-refractivity contribution in [3.63, 3.8) is 0 Å². The lowest BCUT2D eigenvalue weighted by Crippen LogP contribution is -2.37. The van der Waals surface area contributed by atoms with Crippen molar-refractivity contribution in [2.45, 2.75) is 29.4 Å². The van der Waals surface area contributed by atoms with Crippen molar-refractivity contribution < 1.29 is 28.8 Å². The molecule has 2 amide bonds. The van der Waals surface area contributed by atoms with E-state index in [4.69, 9.17) is 9.72 Å². The second kappa shape index (κ2) is 12.6. The number of carbonyl (C=O) groups excluding carboxylic acids is 4. The third kappa shape index (κ3) is 5.39. The number of alkyl halides is 2. The molecule has 2 bridgehead atoms. The third-order valence-corrected chi connectivity index (χ3v) is 13.3. The van der Waals surface area contributed by atoms with E-state index in [2.05, 4.69) is 47.8 Å². The standard InChI is InChI=1S/C35H26Br3N3O7/c1-2-16-10-19(36)12-22-23(35(45)48-15-27(42)18-4-3-5-21(11-18)41(46)47)14-26(39-32(16)22)17-6-8-20(9-7-17)40-33(43)28-24-13-25(29(28)34(40)44)31(38)30(24)37/h3-12,14,24-25,28-31H,2,13,15H2,1H3. The average Bonchev–Trinajstić information content (AvgIpc) is 3.70. The maximum Gasteiger partial charge on any atom is 0.339 e. The van der Waals surface area contributed by atoms with Crippen molar-refractivity contribution in [2.24, 2.45) is 23.7 Å². The van der Waals surface area contributed by atoms with Crippen molar-refractivity contribution in [3.8, 4) is 11.3 Å². The molecule has 4 aromatic rings. The monoisotopic (exact) mass is 837 g/mol. The van der Waals surface area contributed by atoms with E-state index in [-0.39, 0.29) is 62.0 Å². The van der Waals surface area contributed by atoms with E-state index in [1.54, 1.807) is 36.4 Å². The number of aromatic nitrogens is 1. The van der Waals surface area contributed by atoms with Gasteiger partial charge in [0.15, 0.2) is 6.61 Å². The van der Waals surface area contributed by atoms with Gasteiger partial charge in [0.1, 0.15) is 0 Å². The molecular weight excluding hydrogens is 814 g/mol. The van der Waals surface area contributed by atoms with Crippen molar-refractivity contribution in [2.75, 3.05) is 11.5 Å². The number of halogens is 3. The Morgan fingerprint density at radius 1 is 0.979 bits per heavy atom. The summed E-state index contributed by atoms with van der Waals surface area (Å²) in [6, 6.07) is 17.5. The molecular formula is C35H26Br3N3O7. The van der Waals surface area contributed by atoms with Gasteiger partial charge in [-0.05, 0) is 60.6 Å². The summed E-state index contributed by atoms with van der Waals surface area (Å²) < 4.78 is 6.19. The molecule has 1 aliphatic heterocycles. The van der Waals surface area contributed by atoms with Crippen molar-refractivity contribution in [1.29, 1.82) is 0 Å². The highest BCUT2D eigenvalue weighted by atomic mass is 79.9. The summed E-state index contributed by atoms with van der Waals surface area (Å²) in [4.78, 5) is 70.5. The van der Waals surface area contributed by atoms with Gasteiger partial charge in [0.25, 0.3) is 5.69 Å². The molecule has 6 atom stereocenters. The number of imide groups is 1. The van der Waals surface area contributed by atoms with E-state index < -0.39 is 23.3 Å². The Balaban J connectivity index is 1.19. The number of non-ortho nitro benzene ring substituents is 1. The van der Waals surface area contributed by atoms with Crippen LogP contribution < -0.4 is 4.90 Å². The van der Waals surface area contributed by atoms with Gasteiger partial charge in [0.05, 0.1) is 39.2 Å². The summed E-state index contributed by atoms with van der Waals surface area (Å²) in [5.74, 6) is -2.11. The zero-order chi connectivity index (χ0) is 34.0. The van der Waals surface area contributed by atoms with Crippen molar-refractivity contribution >= 4 is 93.6 Å². The van der Waals surface area contributed by atoms with Crippen LogP contribution in [0.3, 0.4) is 0 Å². The molecule has 13 heteroatoms. The fraction of sp³-hybridized carbons (Fsp3) is 0.286. The number of ketones is 1. The van der Waals surface area contributed by atoms with E-state index in [9.17, 15) is 29.3 Å². The molecule has 0 radical (unpaired) electrons. The average molecular weight is 840 g/mol. The Morgan fingerprint density at radius 2 is 1.65 bits per heavy atom. The Hall–Kier alpha value is -3.81. The molecule has 10 nitrogen and oxygen atoms in total. The first kappa shape index (κ1) is 32.7. The number of Topliss-reactive ketones (excluding diaryl/α,β-unsaturated/α-hetero) is 1. The number of nitro groups is 1. The molecule has 1 aromatic heterocycles. The summed E-state index contributed by atoms with van der Waals surface area (Å²) in [6.07, 6.45) is 1.47. The number of nitrogens with zero attached hydrogens (tertiary/aromatic N) is 3. The van der Waals surface area contributed by atoms with E-state index in [0.717, 1.165) is 22.5 Å². The largest absolute Gasteiger partial charge is 0.454 e. The van der Waals surface area contributed by atoms with Crippen molar-refractivity contribution in [1.82, 2.24) is 4.98 Å². The van der Waals surface area contributed by atoms with Crippen molar-refractivity contribution in [3.05, 3.63) is 98.0 Å². The minimum absolute atomic E-state index is 0.0543. The lowest BCUT2D eigenvalue weighted by molar-refractivity contribution is -0.384. The molecule has 3 aliphatic rings. The Bertz CT molecular complexity index is 2020. The minimum Gasteiger partial charge on any atom is -0.454 e. The number of hydrogen-bond donors (Lipinski definition) is 0. The van der Waals surface area contributed by atoms with Gasteiger partial charge >= 0.3 is 5.97 Å². The van der Waals surface area contributed by atoms with Gasteiger partial charge in [-0.25, -0.2) is 9.78 Å². The molecule has 2 saturated carbocycles. The molecule has 48 heavy (non-hydrogen) atoms. The summed E-state index contributed by atoms with van der Waals surface area (Å²) in [6.45, 7) is 1.36. The molecule has 244 valence electrons. The number of hydrogen-bond acceptors (Lipinski definition) is 8. The smallest absolute Gasteiger partial charge is 0.339 e. The topological polar surface area (TPSA) is 137 Å². The maximum absolute atomic E-state index is 13.6. The Morgan fingerprint density at radius 3 is 2.27 bits per heavy atom. The van der Waals surface area contributed by atoms with Crippen LogP contribution >= 0.6 is 47.8 Å². The summed E-state index contributed by atoms with van der Waals surface area (Å²) >= 11 is 11.0. The number of carbonyl (C=O) groups is 4. The number of ether oxygens (including phenoxy) is 1. The highest BCUT2D eigenvalue weighted by Crippen LogP contribution is 2.60. The Kier molecular flexibility index (Phi) is 8.57. The molecule has 3 fully saturated rings. The van der Waals surface area contributed by atoms with Crippen LogP contribution in [-0.2, 0) is 20.7 Å². The highest BCUT2D eigenvalue weighted by molar-refractivity contribution is 9.12. The number of benzene rings is 3. The van der Waals surface area contributed by atoms with Gasteiger partial charge in [-0.1, -0.05) is 79.0 Å². The van der Waals surface area contributed by atoms with E-state index in [0.29, 0.717) is 34.3 Å². The van der Waals surface area contributed by atoms with Crippen LogP contribution in [0, 0.1) is 33.8 Å². The zero-order valence-electron chi connectivity index (χ0n) is 25.3. The number of amides is 2. The number of nitro benzene ring substituents is 1. The molecule has 6 unspecified atom stereocenters. The summed E-state index contributed by atoms with van der Waals surface area (Å²) in [5, 5.41) is 11.7. The number of aryl methyl sites for hydroxylation is 1. The van der Waals surface area contributed by atoms with E-state index >= 15 is 0 Å². The van der Waals surface area contributed by atoms with Crippen LogP contribution in [0.2, 0.25) is 0 Å². The van der Waals surface area contributed by atoms with Gasteiger partial charge in [0.2, 0.25) is 17.6 Å². The first-order valence-electron chi connectivity index (χ1n) is 15.3. The Labute approximate surface area is 299 Å². The maximum atomic E-state index is 13.6. The highest BCUT2D eigenvalue weighted by Gasteiger charge is 2.66. The minimum atomic E-state index is -0.760. The lowest BCUT2D eigenvalue weighted by atomic mass is 9.81. The molecule has 2 aliphatic carbocycles. The van der Waals surface area contributed by atoms with E-state index in [1.807, 2.05) is 13.0 Å². The number of fused-ring (bicyclic) bond motifs is 6. The first-order valence-corrected chi connectivity index (χ1v) is 17.9. The number of esters is 1. The summed E-state index contributed by atoms with van der Waals surface area (Å²) in [7, 11) is 0. The molecule has 1 saturated heterocycles. The van der Waals surface area contributed by atoms with Gasteiger partial charge < -0.3 is 4.74 Å². The first-order chi connectivity index (χ1) is 23.0. The van der Waals surface area contributed by atoms with Gasteiger partial charge in [-0.15, -0.1) is 0 Å². The second-order valence-electron chi connectivity index (χ2n) is 12.2. The second-order valence-corrected chi connectivity index (χ2v) is 15.3. The quantitative estimate of drug-likeness (QED) is 0.0446. The van der Waals surface area contributed by atoms with Crippen LogP contribution in [0.15, 0.2) is 71.2 Å². The fourth-order valence-electron chi connectivity index (χ4n) is 7.42.